The summed E-state index contributed by atoms with van der Waals surface area (Å²) in [7, 11) is 0. The second-order valence-electron chi connectivity index (χ2n) is 5.48. The lowest BCUT2D eigenvalue weighted by Crippen LogP contribution is -2.24. The van der Waals surface area contributed by atoms with Gasteiger partial charge in [-0.25, -0.2) is 14.1 Å². The smallest absolute Gasteiger partial charge is 0.291 e. The molecule has 3 aromatic rings. The van der Waals surface area contributed by atoms with Crippen molar-refractivity contribution in [1.29, 1.82) is 0 Å². The van der Waals surface area contributed by atoms with Gasteiger partial charge in [0.05, 0.1) is 5.69 Å². The Labute approximate surface area is 139 Å². The molecule has 1 aromatic heterocycles. The number of carbonyl (C=O) groups is 1. The molecule has 2 aromatic carbocycles. The van der Waals surface area contributed by atoms with Crippen molar-refractivity contribution in [1.82, 2.24) is 20.1 Å². The fourth-order valence-corrected chi connectivity index (χ4v) is 2.38. The van der Waals surface area contributed by atoms with Crippen LogP contribution in [0.25, 0.3) is 5.69 Å². The molecule has 0 spiro atoms. The van der Waals surface area contributed by atoms with Crippen LogP contribution in [0.1, 0.15) is 27.6 Å². The number of nitrogens with one attached hydrogen (secondary N) is 1. The van der Waals surface area contributed by atoms with Crippen molar-refractivity contribution in [2.75, 3.05) is 0 Å². The normalized spacial score (nSPS) is 10.6. The molecule has 0 fully saturated rings. The minimum Gasteiger partial charge on any atom is -0.345 e. The zero-order chi connectivity index (χ0) is 17.1. The summed E-state index contributed by atoms with van der Waals surface area (Å²) in [6.07, 6.45) is 0. The molecule has 1 heterocycles. The molecule has 122 valence electrons. The lowest BCUT2D eigenvalue weighted by Gasteiger charge is -2.06. The maximum absolute atomic E-state index is 13.0. The van der Waals surface area contributed by atoms with Gasteiger partial charge in [-0.1, -0.05) is 24.3 Å². The van der Waals surface area contributed by atoms with E-state index in [1.54, 1.807) is 19.1 Å². The molecule has 0 atom stereocenters. The molecule has 0 radical (unpaired) electrons. The Hall–Kier alpha value is -3.02. The molecule has 0 aliphatic heterocycles. The highest BCUT2D eigenvalue weighted by Crippen LogP contribution is 2.11. The van der Waals surface area contributed by atoms with Crippen LogP contribution >= 0.6 is 0 Å². The van der Waals surface area contributed by atoms with Crippen molar-refractivity contribution < 1.29 is 9.18 Å². The fourth-order valence-electron chi connectivity index (χ4n) is 2.38. The van der Waals surface area contributed by atoms with E-state index < -0.39 is 0 Å². The number of rotatable bonds is 4. The lowest BCUT2D eigenvalue weighted by atomic mass is 10.1. The highest BCUT2D eigenvalue weighted by atomic mass is 19.1. The second kappa shape index (κ2) is 6.62. The van der Waals surface area contributed by atoms with Crippen molar-refractivity contribution in [3.05, 3.63) is 77.1 Å². The molecule has 0 unspecified atom stereocenters. The van der Waals surface area contributed by atoms with Gasteiger partial charge in [-0.05, 0) is 49.2 Å². The van der Waals surface area contributed by atoms with Crippen LogP contribution in [0.5, 0.6) is 0 Å². The number of amides is 1. The first-order valence-corrected chi connectivity index (χ1v) is 7.57. The van der Waals surface area contributed by atoms with Crippen LogP contribution in [0.4, 0.5) is 4.39 Å². The second-order valence-corrected chi connectivity index (χ2v) is 5.48. The third-order valence-electron chi connectivity index (χ3n) is 3.74. The van der Waals surface area contributed by atoms with E-state index in [1.165, 1.54) is 16.8 Å². The van der Waals surface area contributed by atoms with Gasteiger partial charge in [0.1, 0.15) is 11.6 Å². The highest BCUT2D eigenvalue weighted by molar-refractivity contribution is 5.90. The fraction of sp³-hybridized carbons (Fsp3) is 0.167. The van der Waals surface area contributed by atoms with Crippen molar-refractivity contribution in [3.8, 4) is 5.69 Å². The number of hydrogen-bond acceptors (Lipinski definition) is 3. The summed E-state index contributed by atoms with van der Waals surface area (Å²) in [6.45, 7) is 4.15. The Balaban J connectivity index is 1.75. The Bertz CT molecular complexity index is 871. The summed E-state index contributed by atoms with van der Waals surface area (Å²) < 4.78 is 14.5. The van der Waals surface area contributed by atoms with E-state index in [-0.39, 0.29) is 17.5 Å². The van der Waals surface area contributed by atoms with E-state index in [0.717, 1.165) is 11.1 Å². The van der Waals surface area contributed by atoms with Gasteiger partial charge in [-0.3, -0.25) is 4.79 Å². The molecule has 0 bridgehead atoms. The summed E-state index contributed by atoms with van der Waals surface area (Å²) in [5, 5.41) is 7.04. The maximum Gasteiger partial charge on any atom is 0.291 e. The van der Waals surface area contributed by atoms with Gasteiger partial charge in [-0.15, -0.1) is 5.10 Å². The number of aryl methyl sites for hydroxylation is 2. The molecule has 5 nitrogen and oxygen atoms in total. The quantitative estimate of drug-likeness (QED) is 0.803. The largest absolute Gasteiger partial charge is 0.345 e. The highest BCUT2D eigenvalue weighted by Gasteiger charge is 2.15. The molecular weight excluding hydrogens is 307 g/mol. The molecule has 0 aliphatic carbocycles. The first-order valence-electron chi connectivity index (χ1n) is 7.57. The van der Waals surface area contributed by atoms with Gasteiger partial charge in [0.25, 0.3) is 5.91 Å². The van der Waals surface area contributed by atoms with Crippen LogP contribution in [-0.2, 0) is 6.54 Å². The topological polar surface area (TPSA) is 59.8 Å². The summed E-state index contributed by atoms with van der Waals surface area (Å²) in [4.78, 5) is 16.5. The predicted molar refractivity (Wildman–Crippen MR) is 88.4 cm³/mol. The van der Waals surface area contributed by atoms with Gasteiger partial charge >= 0.3 is 0 Å². The first kappa shape index (κ1) is 15.9. The van der Waals surface area contributed by atoms with Gasteiger partial charge in [-0.2, -0.15) is 0 Å². The van der Waals surface area contributed by atoms with Crippen molar-refractivity contribution in [2.24, 2.45) is 0 Å². The molecule has 0 saturated heterocycles. The van der Waals surface area contributed by atoms with Crippen LogP contribution in [0.2, 0.25) is 0 Å². The monoisotopic (exact) mass is 324 g/mol. The number of halogens is 1. The number of carbonyl (C=O) groups excluding carboxylic acids is 1. The van der Waals surface area contributed by atoms with E-state index >= 15 is 0 Å². The SMILES string of the molecule is Cc1ccccc1CNC(=O)c1nc(C)n(-c2ccc(F)cc2)n1. The predicted octanol–water partition coefficient (Wildman–Crippen LogP) is 2.95. The Morgan fingerprint density at radius 3 is 2.54 bits per heavy atom. The van der Waals surface area contributed by atoms with Crippen LogP contribution in [0.15, 0.2) is 48.5 Å². The number of benzene rings is 2. The average Bonchev–Trinajstić information content (AvgIpc) is 2.96. The van der Waals surface area contributed by atoms with E-state index in [1.807, 2.05) is 31.2 Å². The third kappa shape index (κ3) is 3.32. The number of hydrogen-bond donors (Lipinski definition) is 1. The van der Waals surface area contributed by atoms with Gasteiger partial charge in [0.15, 0.2) is 0 Å². The molecule has 1 amide bonds. The van der Waals surface area contributed by atoms with E-state index in [4.69, 9.17) is 0 Å². The summed E-state index contributed by atoms with van der Waals surface area (Å²) in [5.74, 6) is -0.0250. The molecular formula is C18H17FN4O. The molecule has 6 heteroatoms. The first-order chi connectivity index (χ1) is 11.5. The molecule has 1 N–H and O–H groups in total. The average molecular weight is 324 g/mol. The third-order valence-corrected chi connectivity index (χ3v) is 3.74. The van der Waals surface area contributed by atoms with Crippen molar-refractivity contribution in [3.63, 3.8) is 0 Å². The molecule has 0 saturated carbocycles. The van der Waals surface area contributed by atoms with Crippen molar-refractivity contribution in [2.45, 2.75) is 20.4 Å². The molecule has 24 heavy (non-hydrogen) atoms. The Morgan fingerprint density at radius 2 is 1.83 bits per heavy atom. The summed E-state index contributed by atoms with van der Waals surface area (Å²) in [6, 6.07) is 13.7. The van der Waals surface area contributed by atoms with Gasteiger partial charge in [0, 0.05) is 6.54 Å². The molecule has 3 rings (SSSR count). The van der Waals surface area contributed by atoms with Gasteiger partial charge in [0.2, 0.25) is 5.82 Å². The Kier molecular flexibility index (Phi) is 4.37. The van der Waals surface area contributed by atoms with E-state index in [9.17, 15) is 9.18 Å². The summed E-state index contributed by atoms with van der Waals surface area (Å²) in [5.41, 5.74) is 2.80. The number of aromatic nitrogens is 3. The maximum atomic E-state index is 13.0. The van der Waals surface area contributed by atoms with Crippen LogP contribution in [-0.4, -0.2) is 20.7 Å². The minimum atomic E-state index is -0.345. The van der Waals surface area contributed by atoms with Gasteiger partial charge < -0.3 is 5.32 Å². The standard InChI is InChI=1S/C18H17FN4O/c1-12-5-3-4-6-14(12)11-20-18(24)17-21-13(2)23(22-17)16-9-7-15(19)8-10-16/h3-10H,11H2,1-2H3,(H,20,24). The summed E-state index contributed by atoms with van der Waals surface area (Å²) >= 11 is 0. The van der Waals surface area contributed by atoms with Crippen LogP contribution in [0.3, 0.4) is 0 Å². The zero-order valence-corrected chi connectivity index (χ0v) is 13.5. The van der Waals surface area contributed by atoms with Crippen LogP contribution in [0, 0.1) is 19.7 Å². The van der Waals surface area contributed by atoms with E-state index in [2.05, 4.69) is 15.4 Å². The number of nitrogens with zero attached hydrogens (tertiary/aromatic N) is 3. The van der Waals surface area contributed by atoms with E-state index in [0.29, 0.717) is 18.1 Å². The van der Waals surface area contributed by atoms with Crippen LogP contribution < -0.4 is 5.32 Å². The minimum absolute atomic E-state index is 0.0883. The molecule has 0 aliphatic rings. The Morgan fingerprint density at radius 1 is 1.12 bits per heavy atom. The van der Waals surface area contributed by atoms with Crippen molar-refractivity contribution >= 4 is 5.91 Å². The lowest BCUT2D eigenvalue weighted by molar-refractivity contribution is 0.0940. The zero-order valence-electron chi connectivity index (χ0n) is 13.5.